The Morgan fingerprint density at radius 2 is 2.20 bits per heavy atom. The van der Waals surface area contributed by atoms with E-state index in [1.807, 2.05) is 6.20 Å². The summed E-state index contributed by atoms with van der Waals surface area (Å²) in [6.07, 6.45) is 6.74. The molecule has 1 aliphatic heterocycles. The summed E-state index contributed by atoms with van der Waals surface area (Å²) in [4.78, 5) is 7.26. The van der Waals surface area contributed by atoms with Crippen molar-refractivity contribution in [1.29, 1.82) is 0 Å². The van der Waals surface area contributed by atoms with Gasteiger partial charge in [0.25, 0.3) is 0 Å². The van der Waals surface area contributed by atoms with Crippen LogP contribution in [0, 0.1) is 0 Å². The Morgan fingerprint density at radius 3 is 2.90 bits per heavy atom. The first kappa shape index (κ1) is 15.5. The van der Waals surface area contributed by atoms with Crippen LogP contribution in [-0.4, -0.2) is 35.1 Å². The van der Waals surface area contributed by atoms with Gasteiger partial charge in [-0.05, 0) is 30.9 Å². The fourth-order valence-electron chi connectivity index (χ4n) is 3.19. The molecule has 0 spiro atoms. The van der Waals surface area contributed by atoms with E-state index < -0.39 is 0 Å². The molecule has 1 N–H and O–H groups in total. The number of piperazine rings is 1. The van der Waals surface area contributed by atoms with Crippen LogP contribution in [0.5, 0.6) is 0 Å². The molecule has 1 aromatic rings. The second kappa shape index (κ2) is 7.75. The van der Waals surface area contributed by atoms with Crippen molar-refractivity contribution in [1.82, 2.24) is 15.2 Å². The topological polar surface area (TPSA) is 28.2 Å². The highest BCUT2D eigenvalue weighted by Crippen LogP contribution is 2.18. The van der Waals surface area contributed by atoms with Gasteiger partial charge in [0.05, 0.1) is 5.69 Å². The van der Waals surface area contributed by atoms with Crippen molar-refractivity contribution in [3.8, 4) is 0 Å². The maximum absolute atomic E-state index is 4.62. The highest BCUT2D eigenvalue weighted by Gasteiger charge is 2.26. The molecule has 0 radical (unpaired) electrons. The fourth-order valence-corrected chi connectivity index (χ4v) is 3.19. The number of nitrogens with one attached hydrogen (secondary N) is 1. The molecule has 2 rings (SSSR count). The van der Waals surface area contributed by atoms with Crippen LogP contribution in [0.25, 0.3) is 0 Å². The summed E-state index contributed by atoms with van der Waals surface area (Å²) in [6, 6.07) is 5.57. The number of aryl methyl sites for hydroxylation is 1. The average molecular weight is 275 g/mol. The molecule has 0 saturated carbocycles. The molecule has 1 aliphatic rings. The third-order valence-corrected chi connectivity index (χ3v) is 4.44. The number of hydrogen-bond acceptors (Lipinski definition) is 3. The molecule has 3 heteroatoms. The quantitative estimate of drug-likeness (QED) is 0.865. The molecule has 1 saturated heterocycles. The predicted molar refractivity (Wildman–Crippen MR) is 84.8 cm³/mol. The number of rotatable bonds is 6. The Hall–Kier alpha value is -0.930. The van der Waals surface area contributed by atoms with E-state index in [0.29, 0.717) is 12.1 Å². The first-order chi connectivity index (χ1) is 9.78. The molecule has 0 aliphatic carbocycles. The number of nitrogens with zero attached hydrogens (tertiary/aromatic N) is 2. The van der Waals surface area contributed by atoms with Crippen molar-refractivity contribution >= 4 is 0 Å². The van der Waals surface area contributed by atoms with E-state index in [0.717, 1.165) is 26.1 Å². The van der Waals surface area contributed by atoms with E-state index in [9.17, 15) is 0 Å². The smallest absolute Gasteiger partial charge is 0.0575 e. The molecule has 1 fully saturated rings. The van der Waals surface area contributed by atoms with Crippen LogP contribution < -0.4 is 5.32 Å². The number of pyridine rings is 1. The average Bonchev–Trinajstić information content (AvgIpc) is 2.48. The largest absolute Gasteiger partial charge is 0.311 e. The van der Waals surface area contributed by atoms with Crippen LogP contribution in [0.3, 0.4) is 0 Å². The normalized spacial score (nSPS) is 23.9. The van der Waals surface area contributed by atoms with Gasteiger partial charge in [-0.15, -0.1) is 0 Å². The zero-order valence-electron chi connectivity index (χ0n) is 13.2. The Labute approximate surface area is 123 Å². The summed E-state index contributed by atoms with van der Waals surface area (Å²) < 4.78 is 0. The van der Waals surface area contributed by atoms with Crippen molar-refractivity contribution in [2.75, 3.05) is 13.1 Å². The van der Waals surface area contributed by atoms with Gasteiger partial charge in [0.15, 0.2) is 0 Å². The van der Waals surface area contributed by atoms with Gasteiger partial charge >= 0.3 is 0 Å². The fraction of sp³-hybridized carbons (Fsp3) is 0.706. The van der Waals surface area contributed by atoms with E-state index in [4.69, 9.17) is 0 Å². The van der Waals surface area contributed by atoms with Crippen LogP contribution in [-0.2, 0) is 13.0 Å². The van der Waals surface area contributed by atoms with Crippen LogP contribution >= 0.6 is 0 Å². The SMILES string of the molecule is CCCC1CN(Cc2ncccc2CC)C(CC)CN1. The van der Waals surface area contributed by atoms with Gasteiger partial charge in [0.1, 0.15) is 0 Å². The molecular formula is C17H29N3. The van der Waals surface area contributed by atoms with Gasteiger partial charge in [-0.25, -0.2) is 0 Å². The van der Waals surface area contributed by atoms with Crippen molar-refractivity contribution in [3.05, 3.63) is 29.6 Å². The van der Waals surface area contributed by atoms with Gasteiger partial charge in [-0.2, -0.15) is 0 Å². The summed E-state index contributed by atoms with van der Waals surface area (Å²) in [5, 5.41) is 3.70. The first-order valence-electron chi connectivity index (χ1n) is 8.18. The van der Waals surface area contributed by atoms with E-state index >= 15 is 0 Å². The number of aromatic nitrogens is 1. The minimum atomic E-state index is 0.648. The van der Waals surface area contributed by atoms with Crippen LogP contribution in [0.1, 0.15) is 51.3 Å². The van der Waals surface area contributed by atoms with E-state index in [1.54, 1.807) is 0 Å². The molecule has 0 aromatic carbocycles. The maximum Gasteiger partial charge on any atom is 0.0575 e. The minimum absolute atomic E-state index is 0.648. The predicted octanol–water partition coefficient (Wildman–Crippen LogP) is 3.00. The van der Waals surface area contributed by atoms with Crippen molar-refractivity contribution in [2.45, 2.75) is 65.1 Å². The van der Waals surface area contributed by atoms with Gasteiger partial charge in [0, 0.05) is 37.9 Å². The molecule has 20 heavy (non-hydrogen) atoms. The van der Waals surface area contributed by atoms with Gasteiger partial charge in [-0.3, -0.25) is 9.88 Å². The van der Waals surface area contributed by atoms with E-state index in [1.165, 1.54) is 30.5 Å². The molecule has 2 heterocycles. The maximum atomic E-state index is 4.62. The second-order valence-corrected chi connectivity index (χ2v) is 5.85. The zero-order chi connectivity index (χ0) is 14.4. The molecule has 112 valence electrons. The number of hydrogen-bond donors (Lipinski definition) is 1. The zero-order valence-corrected chi connectivity index (χ0v) is 13.2. The summed E-state index contributed by atoms with van der Waals surface area (Å²) in [6.45, 7) is 10.1. The van der Waals surface area contributed by atoms with Gasteiger partial charge in [-0.1, -0.05) is 33.3 Å². The highest BCUT2D eigenvalue weighted by atomic mass is 15.2. The Morgan fingerprint density at radius 1 is 1.35 bits per heavy atom. The summed E-state index contributed by atoms with van der Waals surface area (Å²) in [7, 11) is 0. The van der Waals surface area contributed by atoms with Crippen LogP contribution in [0.15, 0.2) is 18.3 Å². The van der Waals surface area contributed by atoms with Crippen molar-refractivity contribution < 1.29 is 0 Å². The Balaban J connectivity index is 2.07. The lowest BCUT2D eigenvalue weighted by Gasteiger charge is -2.40. The molecule has 0 amide bonds. The Bertz CT molecular complexity index is 405. The lowest BCUT2D eigenvalue weighted by Crippen LogP contribution is -2.55. The third-order valence-electron chi connectivity index (χ3n) is 4.44. The molecule has 3 nitrogen and oxygen atoms in total. The van der Waals surface area contributed by atoms with Gasteiger partial charge < -0.3 is 5.32 Å². The summed E-state index contributed by atoms with van der Waals surface area (Å²) >= 11 is 0. The molecule has 1 aromatic heterocycles. The van der Waals surface area contributed by atoms with E-state index in [2.05, 4.69) is 48.1 Å². The third kappa shape index (κ3) is 3.80. The van der Waals surface area contributed by atoms with Gasteiger partial charge in [0.2, 0.25) is 0 Å². The first-order valence-corrected chi connectivity index (χ1v) is 8.18. The van der Waals surface area contributed by atoms with Crippen molar-refractivity contribution in [2.24, 2.45) is 0 Å². The van der Waals surface area contributed by atoms with Crippen LogP contribution in [0.4, 0.5) is 0 Å². The van der Waals surface area contributed by atoms with Crippen LogP contribution in [0.2, 0.25) is 0 Å². The molecule has 2 unspecified atom stereocenters. The lowest BCUT2D eigenvalue weighted by atomic mass is 10.0. The minimum Gasteiger partial charge on any atom is -0.311 e. The van der Waals surface area contributed by atoms with E-state index in [-0.39, 0.29) is 0 Å². The lowest BCUT2D eigenvalue weighted by molar-refractivity contribution is 0.114. The molecular weight excluding hydrogens is 246 g/mol. The monoisotopic (exact) mass is 275 g/mol. The summed E-state index contributed by atoms with van der Waals surface area (Å²) in [5.74, 6) is 0. The molecule has 2 atom stereocenters. The second-order valence-electron chi connectivity index (χ2n) is 5.85. The Kier molecular flexibility index (Phi) is 5.99. The standard InChI is InChI=1S/C17H29N3/c1-4-8-15-12-20(16(6-3)11-19-15)13-17-14(5-2)9-7-10-18-17/h7,9-10,15-16,19H,4-6,8,11-13H2,1-3H3. The molecule has 0 bridgehead atoms. The van der Waals surface area contributed by atoms with Crippen molar-refractivity contribution in [3.63, 3.8) is 0 Å². The highest BCUT2D eigenvalue weighted by molar-refractivity contribution is 5.19. The summed E-state index contributed by atoms with van der Waals surface area (Å²) in [5.41, 5.74) is 2.67.